The second-order valence-corrected chi connectivity index (χ2v) is 5.32. The predicted molar refractivity (Wildman–Crippen MR) is 73.8 cm³/mol. The molecule has 0 unspecified atom stereocenters. The highest BCUT2D eigenvalue weighted by atomic mass is 16.4. The van der Waals surface area contributed by atoms with Crippen molar-refractivity contribution in [3.8, 4) is 0 Å². The first kappa shape index (κ1) is 12.5. The normalized spacial score (nSPS) is 11.9. The Morgan fingerprint density at radius 2 is 2.17 bits per heavy atom. The number of aromatic nitrogens is 1. The topological polar surface area (TPSA) is 84.0 Å². The quantitative estimate of drug-likeness (QED) is 0.727. The van der Waals surface area contributed by atoms with Gasteiger partial charge in [-0.1, -0.05) is 20.8 Å². The number of hydrogen-bond acceptors (Lipinski definition) is 4. The number of fused-ring (bicyclic) bond motifs is 1. The van der Waals surface area contributed by atoms with Crippen molar-refractivity contribution in [1.82, 2.24) is 4.98 Å². The van der Waals surface area contributed by atoms with Crippen molar-refractivity contribution in [1.29, 1.82) is 0 Å². The van der Waals surface area contributed by atoms with Crippen LogP contribution < -0.4 is 16.8 Å². The predicted octanol–water partition coefficient (Wildman–Crippen LogP) is 2.55. The number of oxazole rings is 1. The number of hydrogen-bond donors (Lipinski definition) is 3. The summed E-state index contributed by atoms with van der Waals surface area (Å²) >= 11 is 0. The zero-order valence-electron chi connectivity index (χ0n) is 11.0. The standard InChI is InChI=1S/C13H19N3O2/c1-4-13(2,3)7-15-9-6-10-11(5-8(9)14)18-12(17)16-10/h5-6,15H,4,7,14H2,1-3H3,(H,16,17). The molecule has 0 aliphatic carbocycles. The summed E-state index contributed by atoms with van der Waals surface area (Å²) in [5.74, 6) is -0.463. The summed E-state index contributed by atoms with van der Waals surface area (Å²) in [5, 5.41) is 3.32. The van der Waals surface area contributed by atoms with E-state index in [0.717, 1.165) is 18.7 Å². The van der Waals surface area contributed by atoms with Gasteiger partial charge in [0, 0.05) is 12.6 Å². The number of benzene rings is 1. The maximum absolute atomic E-state index is 11.1. The number of H-pyrrole nitrogens is 1. The second-order valence-electron chi connectivity index (χ2n) is 5.32. The van der Waals surface area contributed by atoms with Crippen molar-refractivity contribution in [2.45, 2.75) is 27.2 Å². The summed E-state index contributed by atoms with van der Waals surface area (Å²) < 4.78 is 4.95. The molecule has 0 amide bonds. The number of nitrogen functional groups attached to an aromatic ring is 1. The molecule has 1 aromatic carbocycles. The lowest BCUT2D eigenvalue weighted by molar-refractivity contribution is 0.377. The van der Waals surface area contributed by atoms with Gasteiger partial charge in [0.15, 0.2) is 5.58 Å². The van der Waals surface area contributed by atoms with Gasteiger partial charge in [0.05, 0.1) is 16.9 Å². The van der Waals surface area contributed by atoms with E-state index in [1.807, 2.05) is 0 Å². The molecule has 98 valence electrons. The lowest BCUT2D eigenvalue weighted by Gasteiger charge is -2.24. The first-order valence-corrected chi connectivity index (χ1v) is 6.07. The van der Waals surface area contributed by atoms with Gasteiger partial charge in [0.25, 0.3) is 0 Å². The monoisotopic (exact) mass is 249 g/mol. The number of anilines is 2. The molecule has 18 heavy (non-hydrogen) atoms. The smallest absolute Gasteiger partial charge is 0.408 e. The fraction of sp³-hybridized carbons (Fsp3) is 0.462. The van der Waals surface area contributed by atoms with Crippen LogP contribution in [0.5, 0.6) is 0 Å². The number of nitrogens with one attached hydrogen (secondary N) is 2. The minimum atomic E-state index is -0.463. The molecular weight excluding hydrogens is 230 g/mol. The Kier molecular flexibility index (Phi) is 3.07. The molecule has 0 bridgehead atoms. The maximum atomic E-state index is 11.1. The van der Waals surface area contributed by atoms with E-state index in [4.69, 9.17) is 10.2 Å². The van der Waals surface area contributed by atoms with Crippen molar-refractivity contribution >= 4 is 22.5 Å². The number of nitrogens with two attached hydrogens (primary N) is 1. The van der Waals surface area contributed by atoms with E-state index in [0.29, 0.717) is 16.8 Å². The molecule has 4 N–H and O–H groups in total. The van der Waals surface area contributed by atoms with E-state index in [1.54, 1.807) is 12.1 Å². The molecule has 0 aliphatic rings. The van der Waals surface area contributed by atoms with E-state index in [1.165, 1.54) is 0 Å². The lowest BCUT2D eigenvalue weighted by atomic mass is 9.90. The van der Waals surface area contributed by atoms with Gasteiger partial charge in [-0.15, -0.1) is 0 Å². The van der Waals surface area contributed by atoms with Crippen LogP contribution in [0, 0.1) is 5.41 Å². The molecule has 2 rings (SSSR count). The van der Waals surface area contributed by atoms with Crippen LogP contribution in [-0.4, -0.2) is 11.5 Å². The minimum Gasteiger partial charge on any atom is -0.408 e. The van der Waals surface area contributed by atoms with Crippen LogP contribution in [0.4, 0.5) is 11.4 Å². The first-order valence-electron chi connectivity index (χ1n) is 6.07. The highest BCUT2D eigenvalue weighted by molar-refractivity contribution is 5.85. The fourth-order valence-corrected chi connectivity index (χ4v) is 1.63. The van der Waals surface area contributed by atoms with Crippen LogP contribution in [0.3, 0.4) is 0 Å². The molecule has 0 saturated carbocycles. The Hall–Kier alpha value is -1.91. The Morgan fingerprint density at radius 1 is 1.44 bits per heavy atom. The number of rotatable bonds is 4. The molecule has 0 spiro atoms. The molecule has 0 atom stereocenters. The molecule has 5 heteroatoms. The van der Waals surface area contributed by atoms with Crippen LogP contribution in [0.1, 0.15) is 27.2 Å². The van der Waals surface area contributed by atoms with Gasteiger partial charge >= 0.3 is 5.76 Å². The van der Waals surface area contributed by atoms with Gasteiger partial charge in [-0.3, -0.25) is 4.98 Å². The zero-order valence-corrected chi connectivity index (χ0v) is 11.0. The van der Waals surface area contributed by atoms with Crippen molar-refractivity contribution in [2.24, 2.45) is 5.41 Å². The van der Waals surface area contributed by atoms with E-state index in [9.17, 15) is 4.79 Å². The van der Waals surface area contributed by atoms with Crippen LogP contribution in [0.25, 0.3) is 11.1 Å². The Labute approximate surface area is 105 Å². The van der Waals surface area contributed by atoms with Crippen LogP contribution in [0.15, 0.2) is 21.3 Å². The molecule has 1 heterocycles. The number of aromatic amines is 1. The molecule has 5 nitrogen and oxygen atoms in total. The van der Waals surface area contributed by atoms with Crippen molar-refractivity contribution in [2.75, 3.05) is 17.6 Å². The van der Waals surface area contributed by atoms with Crippen molar-refractivity contribution in [3.63, 3.8) is 0 Å². The van der Waals surface area contributed by atoms with Gasteiger partial charge < -0.3 is 15.5 Å². The Morgan fingerprint density at radius 3 is 2.83 bits per heavy atom. The summed E-state index contributed by atoms with van der Waals surface area (Å²) in [5.41, 5.74) is 8.67. The third-order valence-corrected chi connectivity index (χ3v) is 3.31. The SMILES string of the molecule is CCC(C)(C)CNc1cc2[nH]c(=O)oc2cc1N. The molecule has 0 fully saturated rings. The minimum absolute atomic E-state index is 0.200. The third kappa shape index (κ3) is 2.50. The average Bonchev–Trinajstić information content (AvgIpc) is 2.65. The fourth-order valence-electron chi connectivity index (χ4n) is 1.63. The van der Waals surface area contributed by atoms with Gasteiger partial charge in [-0.25, -0.2) is 4.79 Å². The van der Waals surface area contributed by atoms with E-state index in [-0.39, 0.29) is 5.41 Å². The largest absolute Gasteiger partial charge is 0.417 e. The summed E-state index contributed by atoms with van der Waals surface area (Å²) in [6.45, 7) is 7.35. The molecule has 0 saturated heterocycles. The Balaban J connectivity index is 2.28. The van der Waals surface area contributed by atoms with E-state index >= 15 is 0 Å². The summed E-state index contributed by atoms with van der Waals surface area (Å²) in [4.78, 5) is 13.7. The van der Waals surface area contributed by atoms with Crippen molar-refractivity contribution in [3.05, 3.63) is 22.7 Å². The van der Waals surface area contributed by atoms with Crippen LogP contribution in [0.2, 0.25) is 0 Å². The summed E-state index contributed by atoms with van der Waals surface area (Å²) in [6, 6.07) is 3.47. The molecule has 0 aliphatic heterocycles. The molecule has 0 radical (unpaired) electrons. The zero-order chi connectivity index (χ0) is 13.3. The lowest BCUT2D eigenvalue weighted by Crippen LogP contribution is -2.22. The van der Waals surface area contributed by atoms with Crippen LogP contribution >= 0.6 is 0 Å². The maximum Gasteiger partial charge on any atom is 0.417 e. The Bertz CT molecular complexity index is 610. The summed E-state index contributed by atoms with van der Waals surface area (Å²) in [6.07, 6.45) is 1.07. The summed E-state index contributed by atoms with van der Waals surface area (Å²) in [7, 11) is 0. The van der Waals surface area contributed by atoms with Crippen molar-refractivity contribution < 1.29 is 4.42 Å². The third-order valence-electron chi connectivity index (χ3n) is 3.31. The first-order chi connectivity index (χ1) is 8.41. The van der Waals surface area contributed by atoms with E-state index in [2.05, 4.69) is 31.1 Å². The van der Waals surface area contributed by atoms with E-state index < -0.39 is 5.76 Å². The van der Waals surface area contributed by atoms with Gasteiger partial charge in [-0.05, 0) is 17.9 Å². The molecular formula is C13H19N3O2. The molecule has 2 aromatic rings. The van der Waals surface area contributed by atoms with Crippen LogP contribution in [-0.2, 0) is 0 Å². The average molecular weight is 249 g/mol. The highest BCUT2D eigenvalue weighted by Crippen LogP contribution is 2.27. The van der Waals surface area contributed by atoms with Gasteiger partial charge in [-0.2, -0.15) is 0 Å². The highest BCUT2D eigenvalue weighted by Gasteiger charge is 2.15. The second kappa shape index (κ2) is 4.40. The van der Waals surface area contributed by atoms with Gasteiger partial charge in [0.2, 0.25) is 0 Å². The molecule has 1 aromatic heterocycles. The van der Waals surface area contributed by atoms with Gasteiger partial charge in [0.1, 0.15) is 0 Å².